The molecular weight excluding hydrogens is 256 g/mol. The van der Waals surface area contributed by atoms with Crippen LogP contribution in [0.4, 0.5) is 0 Å². The van der Waals surface area contributed by atoms with Gasteiger partial charge in [0, 0.05) is 5.25 Å². The zero-order chi connectivity index (χ0) is 13.5. The van der Waals surface area contributed by atoms with E-state index in [1.165, 1.54) is 83.5 Å². The molecule has 1 aliphatic carbocycles. The summed E-state index contributed by atoms with van der Waals surface area (Å²) in [4.78, 5) is 0. The van der Waals surface area contributed by atoms with Crippen LogP contribution in [-0.2, 0) is 0 Å². The largest absolute Gasteiger partial charge is 0.179 e. The van der Waals surface area contributed by atoms with Crippen LogP contribution in [0, 0.1) is 0 Å². The second-order valence-corrected chi connectivity index (χ2v) is 6.67. The summed E-state index contributed by atoms with van der Waals surface area (Å²) < 4.78 is 0. The van der Waals surface area contributed by atoms with Gasteiger partial charge in [-0.1, -0.05) is 71.1 Å². The van der Waals surface area contributed by atoms with E-state index in [1.54, 1.807) is 0 Å². The quantitative estimate of drug-likeness (QED) is 0.416. The second kappa shape index (κ2) is 15.8. The molecule has 0 spiro atoms. The molecule has 0 aromatic heterocycles. The minimum atomic E-state index is 0.713. The fourth-order valence-electron chi connectivity index (χ4n) is 2.33. The molecule has 18 heavy (non-hydrogen) atoms. The Morgan fingerprint density at radius 3 is 1.83 bits per heavy atom. The van der Waals surface area contributed by atoms with Gasteiger partial charge in [0.15, 0.2) is 0 Å². The molecule has 0 aliphatic heterocycles. The molecule has 1 saturated carbocycles. The van der Waals surface area contributed by atoms with Gasteiger partial charge >= 0.3 is 0 Å². The van der Waals surface area contributed by atoms with Crippen LogP contribution >= 0.6 is 25.3 Å². The summed E-state index contributed by atoms with van der Waals surface area (Å²) in [6.45, 7) is 2.25. The van der Waals surface area contributed by atoms with Crippen molar-refractivity contribution in [1.29, 1.82) is 0 Å². The molecule has 0 amide bonds. The Kier molecular flexibility index (Phi) is 16.4. The van der Waals surface area contributed by atoms with E-state index in [0.717, 1.165) is 5.75 Å². The van der Waals surface area contributed by atoms with E-state index in [4.69, 9.17) is 0 Å². The fraction of sp³-hybridized carbons (Fsp3) is 1.00. The number of hydrogen-bond donors (Lipinski definition) is 2. The minimum Gasteiger partial charge on any atom is -0.179 e. The van der Waals surface area contributed by atoms with Crippen LogP contribution < -0.4 is 0 Å². The van der Waals surface area contributed by atoms with Gasteiger partial charge < -0.3 is 0 Å². The second-order valence-electron chi connectivity index (χ2n) is 5.49. The van der Waals surface area contributed by atoms with Crippen molar-refractivity contribution >= 4 is 25.3 Å². The predicted molar refractivity (Wildman–Crippen MR) is 92.3 cm³/mol. The average Bonchev–Trinajstić information content (AvgIpc) is 2.35. The van der Waals surface area contributed by atoms with Crippen molar-refractivity contribution in [2.75, 3.05) is 5.75 Å². The Bertz CT molecular complexity index is 134. The summed E-state index contributed by atoms with van der Waals surface area (Å²) in [5.74, 6) is 1.06. The third kappa shape index (κ3) is 14.8. The Morgan fingerprint density at radius 1 is 0.778 bits per heavy atom. The number of hydrogen-bond acceptors (Lipinski definition) is 2. The maximum atomic E-state index is 4.48. The molecule has 110 valence electrons. The van der Waals surface area contributed by atoms with Crippen molar-refractivity contribution in [2.24, 2.45) is 0 Å². The summed E-state index contributed by atoms with van der Waals surface area (Å²) >= 11 is 8.62. The van der Waals surface area contributed by atoms with E-state index >= 15 is 0 Å². The average molecular weight is 291 g/mol. The van der Waals surface area contributed by atoms with E-state index in [9.17, 15) is 0 Å². The Hall–Kier alpha value is 0.700. The van der Waals surface area contributed by atoms with Crippen LogP contribution in [0.25, 0.3) is 0 Å². The van der Waals surface area contributed by atoms with Gasteiger partial charge in [-0.25, -0.2) is 0 Å². The highest BCUT2D eigenvalue weighted by atomic mass is 32.1. The molecule has 0 aromatic rings. The van der Waals surface area contributed by atoms with E-state index < -0.39 is 0 Å². The topological polar surface area (TPSA) is 0 Å². The molecule has 0 saturated heterocycles. The van der Waals surface area contributed by atoms with Gasteiger partial charge in [0.1, 0.15) is 0 Å². The van der Waals surface area contributed by atoms with E-state index in [1.807, 2.05) is 0 Å². The first-order chi connectivity index (χ1) is 8.81. The van der Waals surface area contributed by atoms with Crippen molar-refractivity contribution in [3.8, 4) is 0 Å². The van der Waals surface area contributed by atoms with Crippen molar-refractivity contribution in [2.45, 2.75) is 95.6 Å². The number of unbranched alkanes of at least 4 members (excludes halogenated alkanes) is 5. The molecule has 1 fully saturated rings. The first kappa shape index (κ1) is 18.7. The fourth-order valence-corrected chi connectivity index (χ4v) is 2.92. The van der Waals surface area contributed by atoms with E-state index in [2.05, 4.69) is 32.2 Å². The highest BCUT2D eigenvalue weighted by molar-refractivity contribution is 7.81. The third-order valence-corrected chi connectivity index (χ3v) is 4.42. The van der Waals surface area contributed by atoms with Crippen molar-refractivity contribution in [3.63, 3.8) is 0 Å². The first-order valence-electron chi connectivity index (χ1n) is 8.10. The lowest BCUT2D eigenvalue weighted by Crippen LogP contribution is -2.01. The lowest BCUT2D eigenvalue weighted by molar-refractivity contribution is 0.514. The molecule has 0 aromatic carbocycles. The lowest BCUT2D eigenvalue weighted by atomic mass is 10.0. The van der Waals surface area contributed by atoms with E-state index in [-0.39, 0.29) is 0 Å². The summed E-state index contributed by atoms with van der Waals surface area (Å²) in [5.41, 5.74) is 0. The predicted octanol–water partition coefficient (Wildman–Crippen LogP) is 6.31. The summed E-state index contributed by atoms with van der Waals surface area (Å²) in [6, 6.07) is 0. The Morgan fingerprint density at radius 2 is 1.28 bits per heavy atom. The third-order valence-electron chi connectivity index (χ3n) is 3.59. The maximum absolute atomic E-state index is 4.48. The van der Waals surface area contributed by atoms with Gasteiger partial charge in [0.05, 0.1) is 0 Å². The normalized spacial score (nSPS) is 17.5. The van der Waals surface area contributed by atoms with Crippen molar-refractivity contribution in [1.82, 2.24) is 0 Å². The molecule has 1 aliphatic rings. The molecule has 0 radical (unpaired) electrons. The van der Waals surface area contributed by atoms with Crippen LogP contribution in [-0.4, -0.2) is 11.0 Å². The zero-order valence-electron chi connectivity index (χ0n) is 12.4. The maximum Gasteiger partial charge on any atom is 0.00168 e. The van der Waals surface area contributed by atoms with Crippen LogP contribution in [0.1, 0.15) is 90.4 Å². The molecule has 2 heteroatoms. The molecule has 0 N–H and O–H groups in total. The Labute approximate surface area is 127 Å². The van der Waals surface area contributed by atoms with Crippen molar-refractivity contribution in [3.05, 3.63) is 0 Å². The lowest BCUT2D eigenvalue weighted by Gasteiger charge is -2.13. The highest BCUT2D eigenvalue weighted by Crippen LogP contribution is 2.20. The van der Waals surface area contributed by atoms with Crippen LogP contribution in [0.15, 0.2) is 0 Å². The standard InChI is InChI=1S/C8H16S.C8H18S/c9-8-6-4-2-1-3-5-7-8;1-2-3-4-5-6-7-8-9/h8-9H,1-7H2;9H,2-8H2,1H3. The molecular formula is C16H34S2. The summed E-state index contributed by atoms with van der Waals surface area (Å²) in [7, 11) is 0. The van der Waals surface area contributed by atoms with Gasteiger partial charge in [-0.05, 0) is 25.0 Å². The number of thiol groups is 2. The highest BCUT2D eigenvalue weighted by Gasteiger charge is 2.05. The monoisotopic (exact) mass is 290 g/mol. The molecule has 1 rings (SSSR count). The van der Waals surface area contributed by atoms with Gasteiger partial charge in [-0.3, -0.25) is 0 Å². The summed E-state index contributed by atoms with van der Waals surface area (Å²) in [6.07, 6.45) is 18.1. The van der Waals surface area contributed by atoms with Gasteiger partial charge in [-0.15, -0.1) is 0 Å². The van der Waals surface area contributed by atoms with Gasteiger partial charge in [0.2, 0.25) is 0 Å². The number of rotatable bonds is 6. The molecule has 0 atom stereocenters. The SMILES string of the molecule is CCCCCCCCS.SC1CCCCCCC1. The zero-order valence-corrected chi connectivity index (χ0v) is 14.2. The minimum absolute atomic E-state index is 0.713. The molecule has 0 unspecified atom stereocenters. The van der Waals surface area contributed by atoms with E-state index in [0.29, 0.717) is 5.25 Å². The summed E-state index contributed by atoms with van der Waals surface area (Å²) in [5, 5.41) is 0.713. The molecule has 0 nitrogen and oxygen atoms in total. The van der Waals surface area contributed by atoms with Crippen LogP contribution in [0.5, 0.6) is 0 Å². The van der Waals surface area contributed by atoms with Gasteiger partial charge in [-0.2, -0.15) is 25.3 Å². The van der Waals surface area contributed by atoms with Crippen molar-refractivity contribution < 1.29 is 0 Å². The molecule has 0 heterocycles. The van der Waals surface area contributed by atoms with Crippen LogP contribution in [0.3, 0.4) is 0 Å². The first-order valence-corrected chi connectivity index (χ1v) is 9.25. The smallest absolute Gasteiger partial charge is 0.00168 e. The van der Waals surface area contributed by atoms with Crippen LogP contribution in [0.2, 0.25) is 0 Å². The molecule has 0 bridgehead atoms. The van der Waals surface area contributed by atoms with Gasteiger partial charge in [0.25, 0.3) is 0 Å². The Balaban J connectivity index is 0.000000321.